The van der Waals surface area contributed by atoms with E-state index in [-0.39, 0.29) is 0 Å². The van der Waals surface area contributed by atoms with Gasteiger partial charge in [0, 0.05) is 26.0 Å². The minimum Gasteiger partial charge on any atom is -0.418 e. The Bertz CT molecular complexity index is 191. The van der Waals surface area contributed by atoms with Crippen LogP contribution in [-0.2, 0) is 0 Å². The van der Waals surface area contributed by atoms with E-state index in [0.29, 0.717) is 0 Å². The first-order valence-electron chi connectivity index (χ1n) is 4.53. The zero-order valence-electron chi connectivity index (χ0n) is 8.54. The van der Waals surface area contributed by atoms with Gasteiger partial charge in [0.25, 0.3) is 0 Å². The van der Waals surface area contributed by atoms with Crippen LogP contribution in [0.25, 0.3) is 0 Å². The van der Waals surface area contributed by atoms with Crippen molar-refractivity contribution in [2.24, 2.45) is 5.73 Å². The van der Waals surface area contributed by atoms with Gasteiger partial charge in [0.2, 0.25) is 0 Å². The van der Waals surface area contributed by atoms with Crippen LogP contribution in [0.1, 0.15) is 6.42 Å². The van der Waals surface area contributed by atoms with Gasteiger partial charge in [-0.25, -0.2) is 0 Å². The van der Waals surface area contributed by atoms with Crippen molar-refractivity contribution in [2.45, 2.75) is 6.42 Å². The van der Waals surface area contributed by atoms with Crippen molar-refractivity contribution in [2.75, 3.05) is 26.8 Å². The highest BCUT2D eigenvalue weighted by Crippen LogP contribution is 2.06. The fourth-order valence-corrected chi connectivity index (χ4v) is 1.03. The maximum atomic E-state index is 9.75. The summed E-state index contributed by atoms with van der Waals surface area (Å²) in [7, 11) is -3.93. The molecule has 0 saturated carbocycles. The third kappa shape index (κ3) is 11.0. The summed E-state index contributed by atoms with van der Waals surface area (Å²) in [5.74, 6) is 0. The van der Waals surface area contributed by atoms with Crippen molar-refractivity contribution in [1.82, 2.24) is 9.80 Å². The Labute approximate surface area is 86.6 Å². The van der Waals surface area contributed by atoms with Gasteiger partial charge in [-0.3, -0.25) is 0 Å². The SMILES string of the molecule is CN1C=CN(CCCN)C1.F[B-](F)(F)F. The van der Waals surface area contributed by atoms with E-state index in [2.05, 4.69) is 29.2 Å². The largest absolute Gasteiger partial charge is 0.673 e. The van der Waals surface area contributed by atoms with E-state index >= 15 is 0 Å². The standard InChI is InChI=1S/C7H15N3.BF4/c1-9-5-6-10(7-9)4-2-3-8;2-1(3,4)5/h5-6H,2-4,7-8H2,1H3;/q;-1. The van der Waals surface area contributed by atoms with Crippen LogP contribution in [-0.4, -0.2) is 43.9 Å². The average molecular weight is 228 g/mol. The van der Waals surface area contributed by atoms with Gasteiger partial charge in [0.05, 0.1) is 6.67 Å². The Morgan fingerprint density at radius 1 is 1.27 bits per heavy atom. The molecule has 0 unspecified atom stereocenters. The molecular weight excluding hydrogens is 213 g/mol. The van der Waals surface area contributed by atoms with Crippen LogP contribution in [0.4, 0.5) is 17.3 Å². The summed E-state index contributed by atoms with van der Waals surface area (Å²) >= 11 is 0. The van der Waals surface area contributed by atoms with Gasteiger partial charge in [-0.1, -0.05) is 0 Å². The molecular formula is C7H15BF4N3-. The average Bonchev–Trinajstić information content (AvgIpc) is 2.45. The number of hydrogen-bond acceptors (Lipinski definition) is 3. The molecule has 0 saturated heterocycles. The fourth-order valence-electron chi connectivity index (χ4n) is 1.03. The monoisotopic (exact) mass is 228 g/mol. The van der Waals surface area contributed by atoms with Crippen LogP contribution < -0.4 is 5.73 Å². The third-order valence-corrected chi connectivity index (χ3v) is 1.59. The van der Waals surface area contributed by atoms with Gasteiger partial charge >= 0.3 is 7.25 Å². The molecule has 1 rings (SSSR count). The van der Waals surface area contributed by atoms with Crippen molar-refractivity contribution in [3.8, 4) is 0 Å². The maximum absolute atomic E-state index is 9.75. The molecule has 0 atom stereocenters. The number of nitrogens with zero attached hydrogens (tertiary/aromatic N) is 2. The second kappa shape index (κ2) is 6.55. The van der Waals surface area contributed by atoms with Crippen molar-refractivity contribution < 1.29 is 17.3 Å². The quantitative estimate of drug-likeness (QED) is 0.583. The Kier molecular flexibility index (Phi) is 6.15. The lowest BCUT2D eigenvalue weighted by molar-refractivity contribution is 0.295. The van der Waals surface area contributed by atoms with Crippen LogP contribution in [0.15, 0.2) is 12.4 Å². The molecule has 0 aromatic heterocycles. The molecule has 90 valence electrons. The van der Waals surface area contributed by atoms with E-state index < -0.39 is 7.25 Å². The summed E-state index contributed by atoms with van der Waals surface area (Å²) in [6.07, 6.45) is 5.27. The third-order valence-electron chi connectivity index (χ3n) is 1.59. The van der Waals surface area contributed by atoms with Crippen molar-refractivity contribution >= 4 is 7.25 Å². The summed E-state index contributed by atoms with van der Waals surface area (Å²) in [4.78, 5) is 4.41. The van der Waals surface area contributed by atoms with Gasteiger partial charge in [0.15, 0.2) is 0 Å². The normalized spacial score (nSPS) is 15.3. The zero-order valence-corrected chi connectivity index (χ0v) is 8.54. The van der Waals surface area contributed by atoms with Gasteiger partial charge in [0.1, 0.15) is 0 Å². The molecule has 0 bridgehead atoms. The van der Waals surface area contributed by atoms with Crippen LogP contribution in [0, 0.1) is 0 Å². The van der Waals surface area contributed by atoms with E-state index in [1.165, 1.54) is 0 Å². The summed E-state index contributed by atoms with van der Waals surface area (Å²) in [5, 5.41) is 0. The molecule has 1 aliphatic heterocycles. The highest BCUT2D eigenvalue weighted by atomic mass is 19.5. The maximum Gasteiger partial charge on any atom is 0.673 e. The molecule has 15 heavy (non-hydrogen) atoms. The molecule has 0 radical (unpaired) electrons. The summed E-state index contributed by atoms with van der Waals surface area (Å²) in [5.41, 5.74) is 5.38. The highest BCUT2D eigenvalue weighted by molar-refractivity contribution is 6.50. The molecule has 0 aliphatic carbocycles. The highest BCUT2D eigenvalue weighted by Gasteiger charge is 2.20. The molecule has 2 N–H and O–H groups in total. The van der Waals surface area contributed by atoms with Crippen molar-refractivity contribution in [3.05, 3.63) is 12.4 Å². The molecule has 1 aliphatic rings. The predicted molar refractivity (Wildman–Crippen MR) is 52.3 cm³/mol. The van der Waals surface area contributed by atoms with E-state index in [1.54, 1.807) is 0 Å². The first-order valence-corrected chi connectivity index (χ1v) is 4.53. The number of halogens is 4. The summed E-state index contributed by atoms with van der Waals surface area (Å²) < 4.78 is 39.0. The number of rotatable bonds is 3. The fraction of sp³-hybridized carbons (Fsp3) is 0.714. The second-order valence-electron chi connectivity index (χ2n) is 3.15. The molecule has 0 amide bonds. The van der Waals surface area contributed by atoms with Crippen LogP contribution in [0.3, 0.4) is 0 Å². The molecule has 0 fully saturated rings. The Morgan fingerprint density at radius 3 is 2.13 bits per heavy atom. The Balaban J connectivity index is 0.000000336. The van der Waals surface area contributed by atoms with Crippen molar-refractivity contribution in [1.29, 1.82) is 0 Å². The van der Waals surface area contributed by atoms with Gasteiger partial charge < -0.3 is 32.8 Å². The van der Waals surface area contributed by atoms with E-state index in [1.807, 2.05) is 0 Å². The van der Waals surface area contributed by atoms with Crippen molar-refractivity contribution in [3.63, 3.8) is 0 Å². The Morgan fingerprint density at radius 2 is 1.80 bits per heavy atom. The first-order chi connectivity index (χ1) is 6.83. The molecule has 0 spiro atoms. The van der Waals surface area contributed by atoms with Gasteiger partial charge in [-0.05, 0) is 13.0 Å². The van der Waals surface area contributed by atoms with E-state index in [4.69, 9.17) is 5.73 Å². The Hall–Kier alpha value is -0.915. The van der Waals surface area contributed by atoms with Crippen LogP contribution in [0.2, 0.25) is 0 Å². The molecule has 1 heterocycles. The zero-order chi connectivity index (χ0) is 11.9. The molecule has 0 aromatic carbocycles. The van der Waals surface area contributed by atoms with Crippen LogP contribution >= 0.6 is 0 Å². The lowest BCUT2D eigenvalue weighted by atomic mass is 10.3. The lowest BCUT2D eigenvalue weighted by Gasteiger charge is -2.16. The predicted octanol–water partition coefficient (Wildman–Crippen LogP) is 1.31. The lowest BCUT2D eigenvalue weighted by Crippen LogP contribution is -2.24. The minimum atomic E-state index is -6.00. The summed E-state index contributed by atoms with van der Waals surface area (Å²) in [6.45, 7) is 2.88. The first kappa shape index (κ1) is 14.1. The molecule has 8 heteroatoms. The number of hydrogen-bond donors (Lipinski definition) is 1. The van der Waals surface area contributed by atoms with Crippen LogP contribution in [0.5, 0.6) is 0 Å². The summed E-state index contributed by atoms with van der Waals surface area (Å²) in [6, 6.07) is 0. The molecule has 0 aromatic rings. The minimum absolute atomic E-state index is 0.786. The topological polar surface area (TPSA) is 32.5 Å². The number of nitrogens with two attached hydrogens (primary N) is 1. The second-order valence-corrected chi connectivity index (χ2v) is 3.15. The smallest absolute Gasteiger partial charge is 0.418 e. The van der Waals surface area contributed by atoms with E-state index in [9.17, 15) is 17.3 Å². The van der Waals surface area contributed by atoms with Gasteiger partial charge in [-0.2, -0.15) is 0 Å². The molecule has 3 nitrogen and oxygen atoms in total. The van der Waals surface area contributed by atoms with E-state index in [0.717, 1.165) is 26.2 Å². The van der Waals surface area contributed by atoms with Gasteiger partial charge in [-0.15, -0.1) is 0 Å².